The van der Waals surface area contributed by atoms with Crippen molar-refractivity contribution in [1.29, 1.82) is 0 Å². The van der Waals surface area contributed by atoms with Crippen molar-refractivity contribution in [2.75, 3.05) is 45.1 Å². The van der Waals surface area contributed by atoms with E-state index in [-0.39, 0.29) is 0 Å². The number of hydrogen-bond donors (Lipinski definition) is 2. The monoisotopic (exact) mass is 353 g/mol. The molecule has 2 N–H and O–H groups in total. The molecule has 0 fully saturated rings. The number of hydrogen-bond acceptors (Lipinski definition) is 6. The molecule has 0 aliphatic heterocycles. The maximum atomic E-state index is 5.17. The lowest BCUT2D eigenvalue weighted by molar-refractivity contribution is 0.415. The molecule has 6 heteroatoms. The van der Waals surface area contributed by atoms with Crippen LogP contribution in [-0.2, 0) is 0 Å². The fraction of sp³-hybridized carbons (Fsp3) is 0.250. The molecular weight excluding hydrogens is 326 g/mol. The third-order valence-electron chi connectivity index (χ3n) is 3.74. The molecule has 2 rings (SSSR count). The van der Waals surface area contributed by atoms with E-state index in [1.165, 1.54) is 0 Å². The summed E-state index contributed by atoms with van der Waals surface area (Å²) in [5.74, 6) is 0.845. The smallest absolute Gasteiger partial charge is 0.119 e. The third kappa shape index (κ3) is 6.05. The average Bonchev–Trinajstić information content (AvgIpc) is 2.67. The molecule has 138 valence electrons. The van der Waals surface area contributed by atoms with Crippen molar-refractivity contribution in [3.05, 3.63) is 60.9 Å². The number of methoxy groups -OCH3 is 1. The van der Waals surface area contributed by atoms with Crippen molar-refractivity contribution in [1.82, 2.24) is 10.2 Å². The molecule has 0 radical (unpaired) electrons. The Hall–Kier alpha value is -3.15. The zero-order valence-electron chi connectivity index (χ0n) is 15.8. The molecule has 0 aliphatic rings. The quantitative estimate of drug-likeness (QED) is 0.534. The summed E-state index contributed by atoms with van der Waals surface area (Å²) >= 11 is 0. The van der Waals surface area contributed by atoms with Crippen LogP contribution in [0.3, 0.4) is 0 Å². The molecule has 0 spiro atoms. The van der Waals surface area contributed by atoms with Crippen LogP contribution in [0.1, 0.15) is 0 Å². The highest BCUT2D eigenvalue weighted by molar-refractivity contribution is 5.65. The molecule has 0 heterocycles. The van der Waals surface area contributed by atoms with Gasteiger partial charge in [-0.3, -0.25) is 5.01 Å². The minimum absolute atomic E-state index is 0.736. The van der Waals surface area contributed by atoms with E-state index in [0.717, 1.165) is 29.4 Å². The highest BCUT2D eigenvalue weighted by Crippen LogP contribution is 2.22. The van der Waals surface area contributed by atoms with Gasteiger partial charge in [0.05, 0.1) is 19.3 Å². The predicted molar refractivity (Wildman–Crippen MR) is 110 cm³/mol. The number of nitrogens with zero attached hydrogens (tertiary/aromatic N) is 3. The normalized spacial score (nSPS) is 10.9. The first-order valence-corrected chi connectivity index (χ1v) is 8.44. The molecule has 0 atom stereocenters. The summed E-state index contributed by atoms with van der Waals surface area (Å²) in [7, 11) is 7.47. The predicted octanol–water partition coefficient (Wildman–Crippen LogP) is 3.48. The van der Waals surface area contributed by atoms with Gasteiger partial charge in [-0.05, 0) is 48.5 Å². The molecule has 0 aliphatic carbocycles. The van der Waals surface area contributed by atoms with Crippen molar-refractivity contribution in [3.63, 3.8) is 0 Å². The first-order chi connectivity index (χ1) is 12.6. The number of nitrogens with one attached hydrogen (secondary N) is 2. The molecule has 0 aromatic heterocycles. The van der Waals surface area contributed by atoms with E-state index >= 15 is 0 Å². The van der Waals surface area contributed by atoms with E-state index in [9.17, 15) is 0 Å². The van der Waals surface area contributed by atoms with Crippen LogP contribution in [0, 0.1) is 0 Å². The van der Waals surface area contributed by atoms with E-state index in [1.807, 2.05) is 98.2 Å². The van der Waals surface area contributed by atoms with Crippen LogP contribution >= 0.6 is 0 Å². The highest BCUT2D eigenvalue weighted by Gasteiger charge is 2.00. The summed E-state index contributed by atoms with van der Waals surface area (Å²) in [5, 5.41) is 12.6. The summed E-state index contributed by atoms with van der Waals surface area (Å²) in [6.45, 7) is 0.736. The van der Waals surface area contributed by atoms with E-state index in [4.69, 9.17) is 4.74 Å². The minimum Gasteiger partial charge on any atom is -0.497 e. The zero-order valence-corrected chi connectivity index (χ0v) is 15.8. The first kappa shape index (κ1) is 19.2. The Balaban J connectivity index is 1.90. The molecule has 26 heavy (non-hydrogen) atoms. The largest absolute Gasteiger partial charge is 0.497 e. The van der Waals surface area contributed by atoms with Crippen LogP contribution in [0.15, 0.2) is 66.0 Å². The van der Waals surface area contributed by atoms with Crippen molar-refractivity contribution in [2.24, 2.45) is 5.10 Å². The Morgan fingerprint density at radius 1 is 1.00 bits per heavy atom. The standard InChI is InChI=1S/C20H27N5O/c1-21-13-15-24(2)16-14-22-25(3)19-9-5-17(6-10-19)23-18-7-11-20(26-4)12-8-18/h5-15,21,23H,16H2,1-4H3/b15-13-,22-14+. The van der Waals surface area contributed by atoms with Gasteiger partial charge < -0.3 is 20.3 Å². The fourth-order valence-electron chi connectivity index (χ4n) is 2.22. The van der Waals surface area contributed by atoms with Gasteiger partial charge in [0.25, 0.3) is 0 Å². The van der Waals surface area contributed by atoms with Crippen LogP contribution in [0.2, 0.25) is 0 Å². The van der Waals surface area contributed by atoms with Crippen LogP contribution in [0.4, 0.5) is 17.1 Å². The molecule has 0 unspecified atom stereocenters. The van der Waals surface area contributed by atoms with E-state index in [2.05, 4.69) is 15.7 Å². The topological polar surface area (TPSA) is 52.1 Å². The maximum Gasteiger partial charge on any atom is 0.119 e. The molecular formula is C20H27N5O. The third-order valence-corrected chi connectivity index (χ3v) is 3.74. The second-order valence-electron chi connectivity index (χ2n) is 5.77. The van der Waals surface area contributed by atoms with E-state index < -0.39 is 0 Å². The molecule has 6 nitrogen and oxygen atoms in total. The highest BCUT2D eigenvalue weighted by atomic mass is 16.5. The van der Waals surface area contributed by atoms with Crippen molar-refractivity contribution >= 4 is 23.3 Å². The van der Waals surface area contributed by atoms with E-state index in [1.54, 1.807) is 7.11 Å². The summed E-state index contributed by atoms with van der Waals surface area (Å²) < 4.78 is 5.17. The Labute approximate surface area is 155 Å². The number of rotatable bonds is 9. The van der Waals surface area contributed by atoms with Gasteiger partial charge >= 0.3 is 0 Å². The van der Waals surface area contributed by atoms with Gasteiger partial charge in [-0.15, -0.1) is 0 Å². The van der Waals surface area contributed by atoms with Gasteiger partial charge in [-0.1, -0.05) is 0 Å². The first-order valence-electron chi connectivity index (χ1n) is 8.44. The maximum absolute atomic E-state index is 5.17. The van der Waals surface area contributed by atoms with Gasteiger partial charge in [0, 0.05) is 51.1 Å². The molecule has 2 aromatic carbocycles. The van der Waals surface area contributed by atoms with Gasteiger partial charge in [-0.2, -0.15) is 5.10 Å². The summed E-state index contributed by atoms with van der Waals surface area (Å²) in [4.78, 5) is 2.04. The lowest BCUT2D eigenvalue weighted by atomic mass is 10.2. The van der Waals surface area contributed by atoms with Crippen molar-refractivity contribution < 1.29 is 4.74 Å². The Kier molecular flexibility index (Phi) is 7.36. The van der Waals surface area contributed by atoms with Crippen LogP contribution in [-0.4, -0.2) is 45.9 Å². The van der Waals surface area contributed by atoms with Crippen molar-refractivity contribution in [3.8, 4) is 5.75 Å². The summed E-state index contributed by atoms with van der Waals surface area (Å²) in [6.07, 6.45) is 5.72. The Bertz CT molecular complexity index is 710. The number of benzene rings is 2. The lowest BCUT2D eigenvalue weighted by Gasteiger charge is -2.15. The van der Waals surface area contributed by atoms with Crippen LogP contribution < -0.4 is 20.4 Å². The number of anilines is 3. The van der Waals surface area contributed by atoms with Crippen molar-refractivity contribution in [2.45, 2.75) is 0 Å². The van der Waals surface area contributed by atoms with Crippen LogP contribution in [0.25, 0.3) is 0 Å². The summed E-state index contributed by atoms with van der Waals surface area (Å²) in [5.41, 5.74) is 3.06. The van der Waals surface area contributed by atoms with E-state index in [0.29, 0.717) is 0 Å². The minimum atomic E-state index is 0.736. The lowest BCUT2D eigenvalue weighted by Crippen LogP contribution is -2.17. The molecule has 2 aromatic rings. The average molecular weight is 353 g/mol. The second kappa shape index (κ2) is 9.98. The number of hydrazone groups is 1. The molecule has 0 amide bonds. The molecule has 0 bridgehead atoms. The number of ether oxygens (including phenoxy) is 1. The van der Waals surface area contributed by atoms with Gasteiger partial charge in [0.15, 0.2) is 0 Å². The Morgan fingerprint density at radius 2 is 1.62 bits per heavy atom. The zero-order chi connectivity index (χ0) is 18.8. The second-order valence-corrected chi connectivity index (χ2v) is 5.77. The van der Waals surface area contributed by atoms with Crippen LogP contribution in [0.5, 0.6) is 5.75 Å². The fourth-order valence-corrected chi connectivity index (χ4v) is 2.22. The van der Waals surface area contributed by atoms with Gasteiger partial charge in [0.1, 0.15) is 5.75 Å². The molecule has 0 saturated carbocycles. The Morgan fingerprint density at radius 3 is 2.19 bits per heavy atom. The van der Waals surface area contributed by atoms with Gasteiger partial charge in [-0.25, -0.2) is 0 Å². The molecule has 0 saturated heterocycles. The van der Waals surface area contributed by atoms with Gasteiger partial charge in [0.2, 0.25) is 0 Å². The summed E-state index contributed by atoms with van der Waals surface area (Å²) in [6, 6.07) is 16.0. The SMILES string of the molecule is CN/C=C\N(C)C/C=N/N(C)c1ccc(Nc2ccc(OC)cc2)cc1.